The van der Waals surface area contributed by atoms with E-state index in [9.17, 15) is 0 Å². The molecular weight excluding hydrogens is 226 g/mol. The summed E-state index contributed by atoms with van der Waals surface area (Å²) in [5.41, 5.74) is 0. The Morgan fingerprint density at radius 3 is 2.22 bits per heavy atom. The predicted molar refractivity (Wildman–Crippen MR) is 77.8 cm³/mol. The zero-order chi connectivity index (χ0) is 13.6. The number of allylic oxidation sites excluding steroid dienone is 1. The van der Waals surface area contributed by atoms with Crippen LogP contribution >= 0.6 is 0 Å². The first-order valence-electron chi connectivity index (χ1n) is 7.37. The molecule has 108 valence electrons. The molecule has 3 nitrogen and oxygen atoms in total. The summed E-state index contributed by atoms with van der Waals surface area (Å²) in [5.74, 6) is 0. The van der Waals surface area contributed by atoms with Gasteiger partial charge in [0, 0.05) is 13.2 Å². The van der Waals surface area contributed by atoms with Crippen molar-refractivity contribution in [3.05, 3.63) is 12.7 Å². The Hall–Kier alpha value is -0.380. The fraction of sp³-hybridized carbons (Fsp3) is 0.867. The third-order valence-electron chi connectivity index (χ3n) is 2.88. The van der Waals surface area contributed by atoms with Gasteiger partial charge < -0.3 is 14.8 Å². The molecule has 1 atom stereocenters. The van der Waals surface area contributed by atoms with Crippen LogP contribution in [-0.4, -0.2) is 32.1 Å². The molecule has 0 spiro atoms. The van der Waals surface area contributed by atoms with E-state index in [0.717, 1.165) is 19.4 Å². The molecule has 0 aliphatic heterocycles. The van der Waals surface area contributed by atoms with Crippen LogP contribution in [0.25, 0.3) is 0 Å². The van der Waals surface area contributed by atoms with Crippen LogP contribution in [-0.2, 0) is 9.47 Å². The van der Waals surface area contributed by atoms with Crippen LogP contribution in [0.1, 0.15) is 52.9 Å². The second-order valence-electron chi connectivity index (χ2n) is 4.37. The minimum absolute atomic E-state index is 0.112. The molecule has 0 amide bonds. The lowest BCUT2D eigenvalue weighted by atomic mass is 10.1. The second-order valence-corrected chi connectivity index (χ2v) is 4.37. The van der Waals surface area contributed by atoms with E-state index >= 15 is 0 Å². The lowest BCUT2D eigenvalue weighted by Gasteiger charge is -2.27. The maximum Gasteiger partial charge on any atom is 0.172 e. The predicted octanol–water partition coefficient (Wildman–Crippen LogP) is 3.50. The SMILES string of the molecule is C=CCCCCCC(NCC)C(OCC)OCC. The molecule has 3 heteroatoms. The molecule has 0 aromatic carbocycles. The van der Waals surface area contributed by atoms with E-state index in [1.807, 2.05) is 19.9 Å². The number of unbranched alkanes of at least 4 members (excludes halogenated alkanes) is 3. The van der Waals surface area contributed by atoms with Crippen molar-refractivity contribution in [3.8, 4) is 0 Å². The Labute approximate surface area is 113 Å². The molecule has 0 heterocycles. The highest BCUT2D eigenvalue weighted by atomic mass is 16.7. The van der Waals surface area contributed by atoms with Crippen LogP contribution in [0.4, 0.5) is 0 Å². The van der Waals surface area contributed by atoms with Crippen molar-refractivity contribution >= 4 is 0 Å². The number of likely N-dealkylation sites (N-methyl/N-ethyl adjacent to an activating group) is 1. The summed E-state index contributed by atoms with van der Waals surface area (Å²) in [5, 5.41) is 3.47. The molecule has 18 heavy (non-hydrogen) atoms. The number of hydrogen-bond acceptors (Lipinski definition) is 3. The number of hydrogen-bond donors (Lipinski definition) is 1. The van der Waals surface area contributed by atoms with Crippen molar-refractivity contribution in [3.63, 3.8) is 0 Å². The molecule has 0 aliphatic rings. The minimum atomic E-state index is -0.112. The summed E-state index contributed by atoms with van der Waals surface area (Å²) >= 11 is 0. The van der Waals surface area contributed by atoms with E-state index in [1.54, 1.807) is 0 Å². The summed E-state index contributed by atoms with van der Waals surface area (Å²) in [6.07, 6.45) is 7.80. The average Bonchev–Trinajstić information content (AvgIpc) is 2.37. The molecule has 0 aliphatic carbocycles. The Morgan fingerprint density at radius 2 is 1.72 bits per heavy atom. The maximum absolute atomic E-state index is 5.67. The van der Waals surface area contributed by atoms with Gasteiger partial charge >= 0.3 is 0 Å². The molecule has 0 saturated carbocycles. The number of nitrogens with one attached hydrogen (secondary N) is 1. The lowest BCUT2D eigenvalue weighted by Crippen LogP contribution is -2.43. The van der Waals surface area contributed by atoms with Gasteiger partial charge in [0.15, 0.2) is 6.29 Å². The van der Waals surface area contributed by atoms with Gasteiger partial charge in [-0.1, -0.05) is 25.8 Å². The van der Waals surface area contributed by atoms with Gasteiger partial charge in [-0.15, -0.1) is 6.58 Å². The number of ether oxygens (including phenoxy) is 2. The summed E-state index contributed by atoms with van der Waals surface area (Å²) in [6.45, 7) is 12.2. The standard InChI is InChI=1S/C15H31NO2/c1-5-9-10-11-12-13-14(16-6-2)15(17-7-3)18-8-4/h5,14-16H,1,6-13H2,2-4H3. The van der Waals surface area contributed by atoms with Crippen molar-refractivity contribution in [2.75, 3.05) is 19.8 Å². The van der Waals surface area contributed by atoms with Crippen LogP contribution in [0, 0.1) is 0 Å². The van der Waals surface area contributed by atoms with Gasteiger partial charge in [0.25, 0.3) is 0 Å². The average molecular weight is 257 g/mol. The Morgan fingerprint density at radius 1 is 1.06 bits per heavy atom. The van der Waals surface area contributed by atoms with Crippen LogP contribution in [0.5, 0.6) is 0 Å². The fourth-order valence-corrected chi connectivity index (χ4v) is 2.04. The molecule has 0 radical (unpaired) electrons. The molecule has 0 bridgehead atoms. The Balaban J connectivity index is 4.02. The Kier molecular flexibility index (Phi) is 12.8. The van der Waals surface area contributed by atoms with Crippen LogP contribution in [0.3, 0.4) is 0 Å². The van der Waals surface area contributed by atoms with Gasteiger partial charge in [-0.25, -0.2) is 0 Å². The van der Waals surface area contributed by atoms with Crippen LogP contribution < -0.4 is 5.32 Å². The third kappa shape index (κ3) is 8.67. The topological polar surface area (TPSA) is 30.5 Å². The normalized spacial score (nSPS) is 12.9. The van der Waals surface area contributed by atoms with Crippen molar-refractivity contribution in [2.45, 2.75) is 65.2 Å². The first kappa shape index (κ1) is 17.6. The van der Waals surface area contributed by atoms with E-state index in [0.29, 0.717) is 19.3 Å². The molecule has 1 unspecified atom stereocenters. The lowest BCUT2D eigenvalue weighted by molar-refractivity contribution is -0.155. The molecule has 1 N–H and O–H groups in total. The fourth-order valence-electron chi connectivity index (χ4n) is 2.04. The van der Waals surface area contributed by atoms with E-state index in [2.05, 4.69) is 18.8 Å². The molecule has 0 aromatic heterocycles. The number of rotatable bonds is 13. The summed E-state index contributed by atoms with van der Waals surface area (Å²) < 4.78 is 11.3. The quantitative estimate of drug-likeness (QED) is 0.311. The zero-order valence-electron chi connectivity index (χ0n) is 12.4. The van der Waals surface area contributed by atoms with Crippen LogP contribution in [0.15, 0.2) is 12.7 Å². The maximum atomic E-state index is 5.67. The van der Waals surface area contributed by atoms with E-state index in [4.69, 9.17) is 9.47 Å². The monoisotopic (exact) mass is 257 g/mol. The summed E-state index contributed by atoms with van der Waals surface area (Å²) in [7, 11) is 0. The molecular formula is C15H31NO2. The summed E-state index contributed by atoms with van der Waals surface area (Å²) in [6, 6.07) is 0.304. The van der Waals surface area contributed by atoms with Gasteiger partial charge in [0.1, 0.15) is 0 Å². The van der Waals surface area contributed by atoms with Crippen molar-refractivity contribution in [1.82, 2.24) is 5.32 Å². The highest BCUT2D eigenvalue weighted by Crippen LogP contribution is 2.12. The van der Waals surface area contributed by atoms with E-state index in [-0.39, 0.29) is 6.29 Å². The van der Waals surface area contributed by atoms with Crippen molar-refractivity contribution in [1.29, 1.82) is 0 Å². The second kappa shape index (κ2) is 13.1. The van der Waals surface area contributed by atoms with E-state index < -0.39 is 0 Å². The molecule has 0 fully saturated rings. The molecule has 0 rings (SSSR count). The van der Waals surface area contributed by atoms with Gasteiger partial charge in [0.05, 0.1) is 6.04 Å². The smallest absolute Gasteiger partial charge is 0.172 e. The van der Waals surface area contributed by atoms with Crippen LogP contribution in [0.2, 0.25) is 0 Å². The molecule has 0 aromatic rings. The highest BCUT2D eigenvalue weighted by molar-refractivity contribution is 4.71. The van der Waals surface area contributed by atoms with Gasteiger partial charge in [-0.05, 0) is 39.7 Å². The minimum Gasteiger partial charge on any atom is -0.351 e. The van der Waals surface area contributed by atoms with E-state index in [1.165, 1.54) is 19.3 Å². The summed E-state index contributed by atoms with van der Waals surface area (Å²) in [4.78, 5) is 0. The largest absolute Gasteiger partial charge is 0.351 e. The third-order valence-corrected chi connectivity index (χ3v) is 2.88. The molecule has 0 saturated heterocycles. The first-order chi connectivity index (χ1) is 8.79. The van der Waals surface area contributed by atoms with Gasteiger partial charge in [-0.3, -0.25) is 0 Å². The van der Waals surface area contributed by atoms with Crippen molar-refractivity contribution < 1.29 is 9.47 Å². The van der Waals surface area contributed by atoms with Gasteiger partial charge in [0.2, 0.25) is 0 Å². The van der Waals surface area contributed by atoms with Gasteiger partial charge in [-0.2, -0.15) is 0 Å². The van der Waals surface area contributed by atoms with Crippen molar-refractivity contribution in [2.24, 2.45) is 0 Å². The zero-order valence-corrected chi connectivity index (χ0v) is 12.4. The first-order valence-corrected chi connectivity index (χ1v) is 7.37. The Bertz CT molecular complexity index is 179. The highest BCUT2D eigenvalue weighted by Gasteiger charge is 2.20.